The molecule has 1 aromatic heterocycles. The molecule has 1 N–H and O–H groups in total. The summed E-state index contributed by atoms with van der Waals surface area (Å²) in [5.74, 6) is -1.17. The summed E-state index contributed by atoms with van der Waals surface area (Å²) in [6.45, 7) is 6.28. The number of carboxylic acids is 1. The normalized spacial score (nSPS) is 24.1. The summed E-state index contributed by atoms with van der Waals surface area (Å²) in [5.41, 5.74) is 0. The van der Waals surface area contributed by atoms with Gasteiger partial charge >= 0.3 is 5.97 Å². The molecule has 0 spiro atoms. The molecule has 8 heteroatoms. The molecule has 2 atom stereocenters. The molecule has 0 amide bonds. The SMILES string of the molecule is CCn1cc(S(=O)(=O)N2CC(C)C(C(=O)O)C2)nc1C. The molecular formula is C12H19N3O4S. The summed E-state index contributed by atoms with van der Waals surface area (Å²) in [6, 6.07) is 0. The van der Waals surface area contributed by atoms with E-state index >= 15 is 0 Å². The average molecular weight is 301 g/mol. The molecule has 1 aliphatic rings. The topological polar surface area (TPSA) is 92.5 Å². The van der Waals surface area contributed by atoms with Gasteiger partial charge in [-0.3, -0.25) is 4.79 Å². The quantitative estimate of drug-likeness (QED) is 0.877. The number of nitrogens with zero attached hydrogens (tertiary/aromatic N) is 3. The van der Waals surface area contributed by atoms with Crippen LogP contribution in [0.15, 0.2) is 11.2 Å². The summed E-state index contributed by atoms with van der Waals surface area (Å²) < 4.78 is 27.9. The van der Waals surface area contributed by atoms with Crippen LogP contribution in [-0.2, 0) is 21.4 Å². The highest BCUT2D eigenvalue weighted by Gasteiger charge is 2.41. The third kappa shape index (κ3) is 2.45. The lowest BCUT2D eigenvalue weighted by Gasteiger charge is -2.13. The molecule has 1 saturated heterocycles. The predicted molar refractivity (Wildman–Crippen MR) is 71.7 cm³/mol. The predicted octanol–water partition coefficient (Wildman–Crippen LogP) is 0.553. The van der Waals surface area contributed by atoms with Gasteiger partial charge in [-0.05, 0) is 19.8 Å². The number of sulfonamides is 1. The maximum atomic E-state index is 12.5. The van der Waals surface area contributed by atoms with Crippen molar-refractivity contribution in [2.24, 2.45) is 11.8 Å². The first-order chi connectivity index (χ1) is 9.27. The smallest absolute Gasteiger partial charge is 0.308 e. The van der Waals surface area contributed by atoms with E-state index in [9.17, 15) is 13.2 Å². The lowest BCUT2D eigenvalue weighted by atomic mass is 9.99. The van der Waals surface area contributed by atoms with Crippen LogP contribution in [0.4, 0.5) is 0 Å². The number of aliphatic carboxylic acids is 1. The first-order valence-corrected chi connectivity index (χ1v) is 7.98. The van der Waals surface area contributed by atoms with Crippen LogP contribution >= 0.6 is 0 Å². The van der Waals surface area contributed by atoms with Crippen LogP contribution in [0.25, 0.3) is 0 Å². The zero-order valence-electron chi connectivity index (χ0n) is 11.8. The second-order valence-corrected chi connectivity index (χ2v) is 7.04. The highest BCUT2D eigenvalue weighted by molar-refractivity contribution is 7.89. The molecule has 0 saturated carbocycles. The summed E-state index contributed by atoms with van der Waals surface area (Å²) >= 11 is 0. The molecule has 2 rings (SSSR count). The average Bonchev–Trinajstić information content (AvgIpc) is 2.93. The number of hydrogen-bond donors (Lipinski definition) is 1. The highest BCUT2D eigenvalue weighted by Crippen LogP contribution is 2.28. The summed E-state index contributed by atoms with van der Waals surface area (Å²) in [5, 5.41) is 9.08. The van der Waals surface area contributed by atoms with Gasteiger partial charge in [0.2, 0.25) is 0 Å². The van der Waals surface area contributed by atoms with E-state index in [4.69, 9.17) is 5.11 Å². The molecule has 1 fully saturated rings. The van der Waals surface area contributed by atoms with Crippen LogP contribution < -0.4 is 0 Å². The van der Waals surface area contributed by atoms with Gasteiger partial charge in [-0.2, -0.15) is 4.31 Å². The van der Waals surface area contributed by atoms with Crippen molar-refractivity contribution in [3.63, 3.8) is 0 Å². The number of rotatable bonds is 4. The van der Waals surface area contributed by atoms with Crippen molar-refractivity contribution in [2.75, 3.05) is 13.1 Å². The highest BCUT2D eigenvalue weighted by atomic mass is 32.2. The molecule has 2 heterocycles. The zero-order valence-corrected chi connectivity index (χ0v) is 12.6. The Balaban J connectivity index is 2.29. The molecule has 0 aliphatic carbocycles. The van der Waals surface area contributed by atoms with Crippen LogP contribution in [0.2, 0.25) is 0 Å². The number of imidazole rings is 1. The third-order valence-corrected chi connectivity index (χ3v) is 5.50. The largest absolute Gasteiger partial charge is 0.481 e. The molecule has 20 heavy (non-hydrogen) atoms. The van der Waals surface area contributed by atoms with Crippen LogP contribution in [0.1, 0.15) is 19.7 Å². The first kappa shape index (κ1) is 15.0. The van der Waals surface area contributed by atoms with E-state index in [0.29, 0.717) is 12.4 Å². The molecule has 0 aromatic carbocycles. The standard InChI is InChI=1S/C12H19N3O4S/c1-4-14-7-11(13-9(14)3)20(18,19)15-5-8(2)10(6-15)12(16)17/h7-8,10H,4-6H2,1-3H3,(H,16,17). The second kappa shape index (κ2) is 5.17. The monoisotopic (exact) mass is 301 g/mol. The summed E-state index contributed by atoms with van der Waals surface area (Å²) in [6.07, 6.45) is 1.50. The molecule has 112 valence electrons. The Hall–Kier alpha value is -1.41. The van der Waals surface area contributed by atoms with Crippen molar-refractivity contribution in [3.8, 4) is 0 Å². The van der Waals surface area contributed by atoms with Crippen molar-refractivity contribution in [1.29, 1.82) is 0 Å². The summed E-state index contributed by atoms with van der Waals surface area (Å²) in [7, 11) is -3.71. The van der Waals surface area contributed by atoms with Gasteiger partial charge in [0.05, 0.1) is 5.92 Å². The molecule has 7 nitrogen and oxygen atoms in total. The van der Waals surface area contributed by atoms with Gasteiger partial charge in [-0.25, -0.2) is 13.4 Å². The van der Waals surface area contributed by atoms with E-state index in [0.717, 1.165) is 0 Å². The van der Waals surface area contributed by atoms with Crippen molar-refractivity contribution < 1.29 is 18.3 Å². The minimum atomic E-state index is -3.71. The van der Waals surface area contributed by atoms with E-state index in [1.807, 2.05) is 6.92 Å². The van der Waals surface area contributed by atoms with E-state index in [2.05, 4.69) is 4.98 Å². The minimum absolute atomic E-state index is 0.00455. The van der Waals surface area contributed by atoms with Gasteiger partial charge in [0, 0.05) is 25.8 Å². The molecule has 1 aliphatic heterocycles. The Morgan fingerprint density at radius 1 is 1.50 bits per heavy atom. The number of aromatic nitrogens is 2. The second-order valence-electron chi connectivity index (χ2n) is 5.16. The fourth-order valence-electron chi connectivity index (χ4n) is 2.50. The summed E-state index contributed by atoms with van der Waals surface area (Å²) in [4.78, 5) is 15.2. The van der Waals surface area contributed by atoms with Gasteiger partial charge in [0.15, 0.2) is 5.03 Å². The van der Waals surface area contributed by atoms with Gasteiger partial charge < -0.3 is 9.67 Å². The Labute approximate surface area is 118 Å². The van der Waals surface area contributed by atoms with E-state index in [1.165, 1.54) is 10.5 Å². The van der Waals surface area contributed by atoms with Gasteiger partial charge in [-0.15, -0.1) is 0 Å². The number of carbonyl (C=O) groups is 1. The van der Waals surface area contributed by atoms with Gasteiger partial charge in [-0.1, -0.05) is 6.92 Å². The Bertz CT molecular complexity index is 623. The number of carboxylic acid groups (broad SMARTS) is 1. The number of aryl methyl sites for hydroxylation is 2. The maximum Gasteiger partial charge on any atom is 0.308 e. The Kier molecular flexibility index (Phi) is 3.88. The lowest BCUT2D eigenvalue weighted by Crippen LogP contribution is -2.30. The first-order valence-electron chi connectivity index (χ1n) is 6.54. The van der Waals surface area contributed by atoms with Gasteiger partial charge in [0.1, 0.15) is 5.82 Å². The Morgan fingerprint density at radius 2 is 2.15 bits per heavy atom. The van der Waals surface area contributed by atoms with Crippen molar-refractivity contribution in [2.45, 2.75) is 32.3 Å². The zero-order chi connectivity index (χ0) is 15.1. The number of hydrogen-bond acceptors (Lipinski definition) is 4. The van der Waals surface area contributed by atoms with Crippen molar-refractivity contribution >= 4 is 16.0 Å². The van der Waals surface area contributed by atoms with E-state index in [1.54, 1.807) is 18.4 Å². The molecule has 1 aromatic rings. The lowest BCUT2D eigenvalue weighted by molar-refractivity contribution is -0.142. The van der Waals surface area contributed by atoms with Crippen LogP contribution in [0.3, 0.4) is 0 Å². The van der Waals surface area contributed by atoms with Crippen molar-refractivity contribution in [1.82, 2.24) is 13.9 Å². The van der Waals surface area contributed by atoms with E-state index in [-0.39, 0.29) is 24.0 Å². The van der Waals surface area contributed by atoms with Crippen molar-refractivity contribution in [3.05, 3.63) is 12.0 Å². The molecule has 2 unspecified atom stereocenters. The van der Waals surface area contributed by atoms with Crippen LogP contribution in [0.5, 0.6) is 0 Å². The molecule has 0 bridgehead atoms. The fraction of sp³-hybridized carbons (Fsp3) is 0.667. The van der Waals surface area contributed by atoms with E-state index < -0.39 is 21.9 Å². The third-order valence-electron chi connectivity index (χ3n) is 3.79. The maximum absolute atomic E-state index is 12.5. The Morgan fingerprint density at radius 3 is 2.60 bits per heavy atom. The van der Waals surface area contributed by atoms with Crippen LogP contribution in [0, 0.1) is 18.8 Å². The molecular weight excluding hydrogens is 282 g/mol. The van der Waals surface area contributed by atoms with Gasteiger partial charge in [0.25, 0.3) is 10.0 Å². The minimum Gasteiger partial charge on any atom is -0.481 e. The fourth-order valence-corrected chi connectivity index (χ4v) is 4.06. The molecule has 0 radical (unpaired) electrons. The van der Waals surface area contributed by atoms with Crippen LogP contribution in [-0.4, -0.2) is 46.4 Å².